The van der Waals surface area contributed by atoms with Gasteiger partial charge in [0.1, 0.15) is 0 Å². The van der Waals surface area contributed by atoms with Crippen LogP contribution in [0.2, 0.25) is 0 Å². The van der Waals surface area contributed by atoms with Gasteiger partial charge in [-0.15, -0.1) is 0 Å². The Balaban J connectivity index is 2.49. The summed E-state index contributed by atoms with van der Waals surface area (Å²) in [5.74, 6) is 0. The Hall–Kier alpha value is -1.51. The van der Waals surface area contributed by atoms with E-state index in [4.69, 9.17) is 0 Å². The number of carbonyl (C=O) groups is 1. The second-order valence-electron chi connectivity index (χ2n) is 5.06. The second kappa shape index (κ2) is 4.06. The highest BCUT2D eigenvalue weighted by Crippen LogP contribution is 2.29. The van der Waals surface area contributed by atoms with Crippen molar-refractivity contribution in [3.8, 4) is 0 Å². The number of rotatable bonds is 1. The molecule has 1 saturated heterocycles. The minimum atomic E-state index is 0.0213. The number of hydrogen-bond acceptors (Lipinski definition) is 1. The highest BCUT2D eigenvalue weighted by Gasteiger charge is 2.29. The Morgan fingerprint density at radius 3 is 2.12 bits per heavy atom. The first kappa shape index (κ1) is 12.0. The van der Waals surface area contributed by atoms with E-state index in [-0.39, 0.29) is 12.1 Å². The minimum absolute atomic E-state index is 0.0213. The molecule has 0 aromatic heterocycles. The monoisotopic (exact) mass is 232 g/mol. The maximum atomic E-state index is 11.6. The van der Waals surface area contributed by atoms with E-state index in [0.717, 1.165) is 6.54 Å². The summed E-state index contributed by atoms with van der Waals surface area (Å²) in [6.45, 7) is 9.30. The second-order valence-corrected chi connectivity index (χ2v) is 5.06. The van der Waals surface area contributed by atoms with Crippen LogP contribution in [0.4, 0.5) is 4.79 Å². The highest BCUT2D eigenvalue weighted by molar-refractivity contribution is 5.77. The summed E-state index contributed by atoms with van der Waals surface area (Å²) >= 11 is 0. The van der Waals surface area contributed by atoms with Gasteiger partial charge in [0.25, 0.3) is 0 Å². The van der Waals surface area contributed by atoms with Crippen molar-refractivity contribution in [3.05, 3.63) is 33.9 Å². The molecule has 1 fully saturated rings. The van der Waals surface area contributed by atoms with E-state index in [2.05, 4.69) is 39.1 Å². The van der Waals surface area contributed by atoms with Gasteiger partial charge >= 0.3 is 6.03 Å². The molecular weight excluding hydrogens is 212 g/mol. The third-order valence-corrected chi connectivity index (χ3v) is 3.87. The average Bonchev–Trinajstić information content (AvgIpc) is 2.57. The Labute approximate surface area is 103 Å². The zero-order valence-corrected chi connectivity index (χ0v) is 11.2. The van der Waals surface area contributed by atoms with E-state index in [0.29, 0.717) is 0 Å². The van der Waals surface area contributed by atoms with Crippen LogP contribution in [0.15, 0.2) is 6.07 Å². The molecule has 1 atom stereocenters. The maximum Gasteiger partial charge on any atom is 0.317 e. The van der Waals surface area contributed by atoms with Crippen molar-refractivity contribution < 1.29 is 4.79 Å². The van der Waals surface area contributed by atoms with Crippen LogP contribution in [0, 0.1) is 27.7 Å². The standard InChI is InChI=1S/C14H20N2O/c1-8-6-9(2)11(4)13(10(8)3)12-7-16(5)14(17)15-12/h6,12H,7H2,1-5H3,(H,15,17). The van der Waals surface area contributed by atoms with Gasteiger partial charge in [0.05, 0.1) is 6.04 Å². The van der Waals surface area contributed by atoms with Gasteiger partial charge in [0.2, 0.25) is 0 Å². The summed E-state index contributed by atoms with van der Waals surface area (Å²) in [4.78, 5) is 13.3. The predicted molar refractivity (Wildman–Crippen MR) is 69.3 cm³/mol. The molecule has 17 heavy (non-hydrogen) atoms. The molecule has 1 aliphatic heterocycles. The number of nitrogens with zero attached hydrogens (tertiary/aromatic N) is 1. The number of aryl methyl sites for hydroxylation is 2. The van der Waals surface area contributed by atoms with Crippen LogP contribution in [0.3, 0.4) is 0 Å². The molecule has 1 aromatic rings. The Kier molecular flexibility index (Phi) is 2.86. The molecule has 0 radical (unpaired) electrons. The highest BCUT2D eigenvalue weighted by atomic mass is 16.2. The lowest BCUT2D eigenvalue weighted by Gasteiger charge is -2.20. The molecule has 1 aromatic carbocycles. The largest absolute Gasteiger partial charge is 0.329 e. The fourth-order valence-corrected chi connectivity index (χ4v) is 2.60. The van der Waals surface area contributed by atoms with E-state index in [1.807, 2.05) is 7.05 Å². The lowest BCUT2D eigenvalue weighted by atomic mass is 9.90. The maximum absolute atomic E-state index is 11.6. The van der Waals surface area contributed by atoms with Gasteiger partial charge in [0.15, 0.2) is 0 Å². The van der Waals surface area contributed by atoms with E-state index < -0.39 is 0 Å². The van der Waals surface area contributed by atoms with Gasteiger partial charge in [-0.1, -0.05) is 6.07 Å². The van der Waals surface area contributed by atoms with E-state index in [9.17, 15) is 4.79 Å². The summed E-state index contributed by atoms with van der Waals surface area (Å²) in [6.07, 6.45) is 0. The first-order chi connectivity index (χ1) is 7.91. The van der Waals surface area contributed by atoms with Crippen molar-refractivity contribution in [2.75, 3.05) is 13.6 Å². The molecule has 3 nitrogen and oxygen atoms in total. The van der Waals surface area contributed by atoms with Crippen LogP contribution in [0.1, 0.15) is 33.9 Å². The normalized spacial score (nSPS) is 19.7. The third-order valence-electron chi connectivity index (χ3n) is 3.87. The van der Waals surface area contributed by atoms with Crippen molar-refractivity contribution in [2.45, 2.75) is 33.7 Å². The van der Waals surface area contributed by atoms with Gasteiger partial charge in [-0.05, 0) is 55.5 Å². The van der Waals surface area contributed by atoms with Gasteiger partial charge in [0, 0.05) is 13.6 Å². The van der Waals surface area contributed by atoms with E-state index in [1.165, 1.54) is 27.8 Å². The number of hydrogen-bond donors (Lipinski definition) is 1. The van der Waals surface area contributed by atoms with Gasteiger partial charge in [-0.25, -0.2) is 4.79 Å². The minimum Gasteiger partial charge on any atom is -0.329 e. The number of likely N-dealkylation sites (N-methyl/N-ethyl adjacent to an activating group) is 1. The van der Waals surface area contributed by atoms with E-state index in [1.54, 1.807) is 4.90 Å². The van der Waals surface area contributed by atoms with Crippen LogP contribution in [0.5, 0.6) is 0 Å². The quantitative estimate of drug-likeness (QED) is 0.793. The Morgan fingerprint density at radius 1 is 1.18 bits per heavy atom. The zero-order valence-electron chi connectivity index (χ0n) is 11.2. The van der Waals surface area contributed by atoms with Crippen molar-refractivity contribution in [1.29, 1.82) is 0 Å². The lowest BCUT2D eigenvalue weighted by molar-refractivity contribution is 0.226. The smallest absolute Gasteiger partial charge is 0.317 e. The fraction of sp³-hybridized carbons (Fsp3) is 0.500. The molecule has 92 valence electrons. The predicted octanol–water partition coefficient (Wildman–Crippen LogP) is 2.62. The molecule has 0 saturated carbocycles. The summed E-state index contributed by atoms with van der Waals surface area (Å²) in [7, 11) is 1.84. The number of urea groups is 1. The Morgan fingerprint density at radius 2 is 1.71 bits per heavy atom. The van der Waals surface area contributed by atoms with Gasteiger partial charge in [-0.3, -0.25) is 0 Å². The molecule has 1 unspecified atom stereocenters. The summed E-state index contributed by atoms with van der Waals surface area (Å²) in [5.41, 5.74) is 6.49. The number of carbonyl (C=O) groups excluding carboxylic acids is 1. The fourth-order valence-electron chi connectivity index (χ4n) is 2.60. The molecular formula is C14H20N2O. The number of nitrogens with one attached hydrogen (secondary N) is 1. The molecule has 0 bridgehead atoms. The SMILES string of the molecule is Cc1cc(C)c(C)c(C2CN(C)C(=O)N2)c1C. The van der Waals surface area contributed by atoms with Crippen LogP contribution in [0.25, 0.3) is 0 Å². The summed E-state index contributed by atoms with van der Waals surface area (Å²) < 4.78 is 0. The van der Waals surface area contributed by atoms with E-state index >= 15 is 0 Å². The zero-order chi connectivity index (χ0) is 12.7. The molecule has 2 amide bonds. The van der Waals surface area contributed by atoms with Crippen LogP contribution >= 0.6 is 0 Å². The summed E-state index contributed by atoms with van der Waals surface area (Å²) in [5, 5.41) is 3.04. The van der Waals surface area contributed by atoms with Crippen molar-refractivity contribution in [2.24, 2.45) is 0 Å². The summed E-state index contributed by atoms with van der Waals surface area (Å²) in [6, 6.07) is 2.37. The number of amides is 2. The van der Waals surface area contributed by atoms with Crippen molar-refractivity contribution in [3.63, 3.8) is 0 Å². The van der Waals surface area contributed by atoms with Crippen molar-refractivity contribution >= 4 is 6.03 Å². The van der Waals surface area contributed by atoms with Crippen LogP contribution in [-0.4, -0.2) is 24.5 Å². The third kappa shape index (κ3) is 1.90. The first-order valence-corrected chi connectivity index (χ1v) is 6.00. The average molecular weight is 232 g/mol. The first-order valence-electron chi connectivity index (χ1n) is 6.00. The topological polar surface area (TPSA) is 32.3 Å². The van der Waals surface area contributed by atoms with Crippen LogP contribution < -0.4 is 5.32 Å². The molecule has 2 rings (SSSR count). The Bertz CT molecular complexity index is 453. The molecule has 0 aliphatic carbocycles. The van der Waals surface area contributed by atoms with Crippen LogP contribution in [-0.2, 0) is 0 Å². The molecule has 1 heterocycles. The number of benzene rings is 1. The van der Waals surface area contributed by atoms with Crippen molar-refractivity contribution in [1.82, 2.24) is 10.2 Å². The molecule has 0 spiro atoms. The molecule has 1 aliphatic rings. The molecule has 3 heteroatoms. The lowest BCUT2D eigenvalue weighted by Crippen LogP contribution is -2.24. The van der Waals surface area contributed by atoms with Gasteiger partial charge in [-0.2, -0.15) is 0 Å². The molecule has 1 N–H and O–H groups in total. The van der Waals surface area contributed by atoms with Gasteiger partial charge < -0.3 is 10.2 Å².